The van der Waals surface area contributed by atoms with Crippen molar-refractivity contribution in [2.24, 2.45) is 0 Å². The lowest BCUT2D eigenvalue weighted by Crippen LogP contribution is -2.48. The van der Waals surface area contributed by atoms with Crippen LogP contribution in [0, 0.1) is 6.92 Å². The van der Waals surface area contributed by atoms with Crippen molar-refractivity contribution in [2.75, 3.05) is 45.7 Å². The number of carbonyl (C=O) groups excluding carboxylic acids is 3. The average molecular weight is 577 g/mol. The minimum Gasteiger partial charge on any atom is -0.355 e. The maximum absolute atomic E-state index is 13.5. The summed E-state index contributed by atoms with van der Waals surface area (Å²) >= 11 is 1.35. The molecule has 4 rings (SSSR count). The molecule has 1 aliphatic rings. The van der Waals surface area contributed by atoms with Gasteiger partial charge in [-0.3, -0.25) is 19.4 Å². The number of hydrogen-bond donors (Lipinski definition) is 1. The van der Waals surface area contributed by atoms with Gasteiger partial charge in [0.1, 0.15) is 9.88 Å². The summed E-state index contributed by atoms with van der Waals surface area (Å²) in [6.07, 6.45) is 4.68. The topological polar surface area (TPSA) is 89.1 Å². The lowest BCUT2D eigenvalue weighted by molar-refractivity contribution is -0.145. The standard InChI is InChI=1S/C31H40N6O3S/c1-6-7-10-15-32-28(38)20-36(21-29(39)35(5)37-18-24-11-8-9-12-25(24)19-37)26-14-13-23(16-22(26)2)30-33-17-27(41-30)31(40)34(3)4/h8-9,11-14,16-17H,6-7,10,15,18-21H2,1-5H3,(H,32,38). The Kier molecular flexibility index (Phi) is 10.1. The van der Waals surface area contributed by atoms with Crippen molar-refractivity contribution >= 4 is 34.7 Å². The summed E-state index contributed by atoms with van der Waals surface area (Å²) in [5.74, 6) is -0.283. The molecular weight excluding hydrogens is 536 g/mol. The third-order valence-corrected chi connectivity index (χ3v) is 8.31. The van der Waals surface area contributed by atoms with Gasteiger partial charge in [0.05, 0.1) is 19.3 Å². The number of benzene rings is 2. The molecule has 10 heteroatoms. The van der Waals surface area contributed by atoms with E-state index in [9.17, 15) is 14.4 Å². The van der Waals surface area contributed by atoms with E-state index in [2.05, 4.69) is 29.4 Å². The van der Waals surface area contributed by atoms with Gasteiger partial charge >= 0.3 is 0 Å². The Balaban J connectivity index is 1.52. The van der Waals surface area contributed by atoms with Crippen LogP contribution in [0.15, 0.2) is 48.7 Å². The number of amides is 3. The van der Waals surface area contributed by atoms with E-state index < -0.39 is 0 Å². The molecule has 0 aliphatic carbocycles. The van der Waals surface area contributed by atoms with E-state index in [1.165, 1.54) is 27.4 Å². The Morgan fingerprint density at radius 2 is 1.71 bits per heavy atom. The number of rotatable bonds is 12. The third-order valence-electron chi connectivity index (χ3n) is 7.28. The number of unbranched alkanes of at least 4 members (excludes halogenated alkanes) is 2. The molecule has 0 fully saturated rings. The molecule has 1 N–H and O–H groups in total. The molecule has 3 amide bonds. The lowest BCUT2D eigenvalue weighted by atomic mass is 10.1. The van der Waals surface area contributed by atoms with Crippen molar-refractivity contribution < 1.29 is 14.4 Å². The predicted molar refractivity (Wildman–Crippen MR) is 164 cm³/mol. The highest BCUT2D eigenvalue weighted by Crippen LogP contribution is 2.31. The first-order valence-corrected chi connectivity index (χ1v) is 14.9. The first-order chi connectivity index (χ1) is 19.7. The van der Waals surface area contributed by atoms with Crippen molar-refractivity contribution in [2.45, 2.75) is 46.2 Å². The van der Waals surface area contributed by atoms with Gasteiger partial charge in [0.25, 0.3) is 11.8 Å². The van der Waals surface area contributed by atoms with E-state index >= 15 is 0 Å². The number of hydrazine groups is 1. The summed E-state index contributed by atoms with van der Waals surface area (Å²) < 4.78 is 0. The van der Waals surface area contributed by atoms with Crippen LogP contribution in [0.2, 0.25) is 0 Å². The molecule has 3 aromatic rings. The zero-order valence-corrected chi connectivity index (χ0v) is 25.5. The second-order valence-electron chi connectivity index (χ2n) is 10.7. The van der Waals surface area contributed by atoms with Crippen molar-refractivity contribution in [1.82, 2.24) is 25.2 Å². The van der Waals surface area contributed by atoms with E-state index in [-0.39, 0.29) is 30.8 Å². The summed E-state index contributed by atoms with van der Waals surface area (Å²) in [6, 6.07) is 14.1. The number of aryl methyl sites for hydroxylation is 1. The molecule has 0 radical (unpaired) electrons. The van der Waals surface area contributed by atoms with Crippen molar-refractivity contribution in [3.8, 4) is 10.6 Å². The number of likely N-dealkylation sites (N-methyl/N-ethyl adjacent to an activating group) is 1. The molecule has 41 heavy (non-hydrogen) atoms. The van der Waals surface area contributed by atoms with Gasteiger partial charge in [0.2, 0.25) is 5.91 Å². The molecule has 218 valence electrons. The summed E-state index contributed by atoms with van der Waals surface area (Å²) in [4.78, 5) is 47.2. The van der Waals surface area contributed by atoms with Crippen molar-refractivity contribution in [3.63, 3.8) is 0 Å². The number of fused-ring (bicyclic) bond motifs is 1. The highest BCUT2D eigenvalue weighted by molar-refractivity contribution is 7.16. The van der Waals surface area contributed by atoms with E-state index in [0.717, 1.165) is 41.1 Å². The van der Waals surface area contributed by atoms with Crippen LogP contribution in [-0.2, 0) is 22.7 Å². The molecule has 0 spiro atoms. The van der Waals surface area contributed by atoms with E-state index in [1.807, 2.05) is 47.2 Å². The number of aromatic nitrogens is 1. The second kappa shape index (κ2) is 13.7. The van der Waals surface area contributed by atoms with Gasteiger partial charge in [-0.2, -0.15) is 0 Å². The SMILES string of the molecule is CCCCCNC(=O)CN(CC(=O)N(C)N1Cc2ccccc2C1)c1ccc(-c2ncc(C(=O)N(C)C)s2)cc1C. The minimum atomic E-state index is -0.111. The van der Waals surface area contributed by atoms with E-state index in [0.29, 0.717) is 24.5 Å². The second-order valence-corrected chi connectivity index (χ2v) is 11.7. The van der Waals surface area contributed by atoms with Crippen molar-refractivity contribution in [3.05, 3.63) is 70.2 Å². The molecule has 0 bridgehead atoms. The largest absolute Gasteiger partial charge is 0.355 e. The van der Waals surface area contributed by atoms with Crippen LogP contribution >= 0.6 is 11.3 Å². The fourth-order valence-electron chi connectivity index (χ4n) is 4.88. The zero-order valence-electron chi connectivity index (χ0n) is 24.6. The highest BCUT2D eigenvalue weighted by atomic mass is 32.1. The summed E-state index contributed by atoms with van der Waals surface area (Å²) in [6.45, 7) is 6.21. The van der Waals surface area contributed by atoms with Gasteiger partial charge in [0.15, 0.2) is 0 Å². The van der Waals surface area contributed by atoms with Crippen LogP contribution in [-0.4, -0.2) is 78.4 Å². The minimum absolute atomic E-state index is 0.0602. The fraction of sp³-hybridized carbons (Fsp3) is 0.419. The molecule has 2 aromatic carbocycles. The lowest BCUT2D eigenvalue weighted by Gasteiger charge is -2.32. The predicted octanol–water partition coefficient (Wildman–Crippen LogP) is 4.32. The molecule has 0 unspecified atom stereocenters. The summed E-state index contributed by atoms with van der Waals surface area (Å²) in [5.41, 5.74) is 5.06. The maximum Gasteiger partial charge on any atom is 0.265 e. The van der Waals surface area contributed by atoms with Crippen LogP contribution in [0.5, 0.6) is 0 Å². The first kappa shape index (κ1) is 30.2. The molecular formula is C31H40N6O3S. The normalized spacial score (nSPS) is 12.6. The van der Waals surface area contributed by atoms with Gasteiger partial charge in [-0.1, -0.05) is 44.0 Å². The van der Waals surface area contributed by atoms with E-state index in [4.69, 9.17) is 0 Å². The summed E-state index contributed by atoms with van der Waals surface area (Å²) in [7, 11) is 5.23. The van der Waals surface area contributed by atoms with Gasteiger partial charge in [0, 0.05) is 52.0 Å². The Morgan fingerprint density at radius 1 is 1.00 bits per heavy atom. The monoisotopic (exact) mass is 576 g/mol. The molecule has 9 nitrogen and oxygen atoms in total. The molecule has 0 atom stereocenters. The van der Waals surface area contributed by atoms with Crippen LogP contribution in [0.3, 0.4) is 0 Å². The van der Waals surface area contributed by atoms with Gasteiger partial charge in [-0.15, -0.1) is 11.3 Å². The van der Waals surface area contributed by atoms with Crippen LogP contribution in [0.25, 0.3) is 10.6 Å². The van der Waals surface area contributed by atoms with Crippen LogP contribution in [0.1, 0.15) is 52.5 Å². The first-order valence-electron chi connectivity index (χ1n) is 14.1. The number of thiazole rings is 1. The number of nitrogens with one attached hydrogen (secondary N) is 1. The highest BCUT2D eigenvalue weighted by Gasteiger charge is 2.27. The molecule has 1 aromatic heterocycles. The Bertz CT molecular complexity index is 1360. The summed E-state index contributed by atoms with van der Waals surface area (Å²) in [5, 5.41) is 7.46. The third kappa shape index (κ3) is 7.51. The fourth-order valence-corrected chi connectivity index (χ4v) is 5.81. The average Bonchev–Trinajstić information content (AvgIpc) is 3.62. The smallest absolute Gasteiger partial charge is 0.265 e. The van der Waals surface area contributed by atoms with Gasteiger partial charge < -0.3 is 15.1 Å². The van der Waals surface area contributed by atoms with Crippen molar-refractivity contribution in [1.29, 1.82) is 0 Å². The number of hydrogen-bond acceptors (Lipinski definition) is 7. The molecule has 1 aliphatic heterocycles. The number of anilines is 1. The number of nitrogens with zero attached hydrogens (tertiary/aromatic N) is 5. The van der Waals surface area contributed by atoms with Crippen LogP contribution < -0.4 is 10.2 Å². The van der Waals surface area contributed by atoms with E-state index in [1.54, 1.807) is 32.3 Å². The molecule has 2 heterocycles. The maximum atomic E-state index is 13.5. The van der Waals surface area contributed by atoms with Gasteiger partial charge in [-0.25, -0.2) is 9.99 Å². The Labute approximate surface area is 246 Å². The Morgan fingerprint density at radius 3 is 2.34 bits per heavy atom. The quantitative estimate of drug-likeness (QED) is 0.323. The Hall–Kier alpha value is -3.76. The molecule has 0 saturated carbocycles. The van der Waals surface area contributed by atoms with Crippen LogP contribution in [0.4, 0.5) is 5.69 Å². The molecule has 0 saturated heterocycles. The number of carbonyl (C=O) groups is 3. The van der Waals surface area contributed by atoms with Gasteiger partial charge in [-0.05, 0) is 48.2 Å². The zero-order chi connectivity index (χ0) is 29.5.